The summed E-state index contributed by atoms with van der Waals surface area (Å²) in [7, 11) is 0. The van der Waals surface area contributed by atoms with Crippen LogP contribution in [0.15, 0.2) is 30.3 Å². The summed E-state index contributed by atoms with van der Waals surface area (Å²) >= 11 is 6.67. The van der Waals surface area contributed by atoms with E-state index in [2.05, 4.69) is 4.29 Å². The molecule has 0 aromatic heterocycles. The molecule has 0 saturated heterocycles. The number of alkyl halides is 1. The lowest BCUT2D eigenvalue weighted by Gasteiger charge is -2.08. The first-order chi connectivity index (χ1) is 6.24. The maximum atomic E-state index is 10.8. The molecule has 3 nitrogen and oxygen atoms in total. The first-order valence-corrected chi connectivity index (χ1v) is 4.97. The molecule has 13 heavy (non-hydrogen) atoms. The fourth-order valence-corrected chi connectivity index (χ4v) is 1.35. The summed E-state index contributed by atoms with van der Waals surface area (Å²) < 4.78 is 8.46. The highest BCUT2D eigenvalue weighted by Crippen LogP contribution is 2.15. The lowest BCUT2D eigenvalue weighted by atomic mass is 10.3. The summed E-state index contributed by atoms with van der Waals surface area (Å²) in [6, 6.07) is 8.96. The second-order valence-electron chi connectivity index (χ2n) is 2.14. The van der Waals surface area contributed by atoms with Gasteiger partial charge in [0.05, 0.1) is 0 Å². The van der Waals surface area contributed by atoms with Gasteiger partial charge in [0, 0.05) is 0 Å². The fraction of sp³-hybridized carbons (Fsp3) is 0.125. The molecule has 0 bridgehead atoms. The molecule has 1 aromatic carbocycles. The number of rotatable bonds is 3. The molecule has 1 aromatic rings. The van der Waals surface area contributed by atoms with Crippen LogP contribution in [0.2, 0.25) is 0 Å². The monoisotopic (exact) mass is 312 g/mol. The second-order valence-corrected chi connectivity index (χ2v) is 3.43. The van der Waals surface area contributed by atoms with Crippen molar-refractivity contribution in [3.8, 4) is 5.75 Å². The zero-order chi connectivity index (χ0) is 9.68. The Kier molecular flexibility index (Phi) is 4.31. The molecule has 5 heteroatoms. The van der Waals surface area contributed by atoms with Gasteiger partial charge in [-0.05, 0) is 34.7 Å². The van der Waals surface area contributed by atoms with Crippen LogP contribution in [-0.2, 0) is 9.08 Å². The third-order valence-electron chi connectivity index (χ3n) is 1.24. The smallest absolute Gasteiger partial charge is 0.375 e. The lowest BCUT2D eigenvalue weighted by Crippen LogP contribution is -2.20. The molecule has 0 saturated carbocycles. The molecule has 1 atom stereocenters. The Morgan fingerprint density at radius 3 is 2.54 bits per heavy atom. The highest BCUT2D eigenvalue weighted by atomic mass is 127. The van der Waals surface area contributed by atoms with Crippen molar-refractivity contribution in [3.05, 3.63) is 30.3 Å². The molecule has 0 spiro atoms. The van der Waals surface area contributed by atoms with Crippen molar-refractivity contribution in [1.82, 2.24) is 0 Å². The van der Waals surface area contributed by atoms with Gasteiger partial charge in [-0.1, -0.05) is 18.2 Å². The Balaban J connectivity index is 2.55. The van der Waals surface area contributed by atoms with Crippen LogP contribution >= 0.6 is 34.5 Å². The molecule has 1 unspecified atom stereocenters. The minimum Gasteiger partial charge on any atom is -0.468 e. The van der Waals surface area contributed by atoms with Crippen molar-refractivity contribution in [2.75, 3.05) is 0 Å². The van der Waals surface area contributed by atoms with Gasteiger partial charge < -0.3 is 9.03 Å². The zero-order valence-corrected chi connectivity index (χ0v) is 9.36. The number of hydrogen-bond acceptors (Lipinski definition) is 3. The van der Waals surface area contributed by atoms with E-state index in [0.717, 1.165) is 0 Å². The third kappa shape index (κ3) is 3.40. The number of carbonyl (C=O) groups is 1. The van der Waals surface area contributed by atoms with Crippen molar-refractivity contribution >= 4 is 40.4 Å². The average Bonchev–Trinajstić information content (AvgIpc) is 2.18. The second kappa shape index (κ2) is 5.29. The van der Waals surface area contributed by atoms with Crippen LogP contribution in [0.4, 0.5) is 0 Å². The summed E-state index contributed by atoms with van der Waals surface area (Å²) in [6.45, 7) is 0. The highest BCUT2D eigenvalue weighted by molar-refractivity contribution is 14.1. The first kappa shape index (κ1) is 10.6. The quantitative estimate of drug-likeness (QED) is 0.635. The third-order valence-corrected chi connectivity index (χ3v) is 2.16. The highest BCUT2D eigenvalue weighted by Gasteiger charge is 2.17. The van der Waals surface area contributed by atoms with E-state index in [1.807, 2.05) is 18.2 Å². The van der Waals surface area contributed by atoms with E-state index in [4.69, 9.17) is 16.6 Å². The molecule has 0 fully saturated rings. The average molecular weight is 312 g/mol. The summed E-state index contributed by atoms with van der Waals surface area (Å²) in [5.41, 5.74) is 0. The summed E-state index contributed by atoms with van der Waals surface area (Å²) in [5, 5.41) is 0. The molecule has 1 rings (SSSR count). The lowest BCUT2D eigenvalue weighted by molar-refractivity contribution is -0.137. The van der Waals surface area contributed by atoms with Gasteiger partial charge in [0.2, 0.25) is 4.11 Å². The maximum absolute atomic E-state index is 10.8. The molecule has 0 aliphatic carbocycles. The van der Waals surface area contributed by atoms with E-state index in [-0.39, 0.29) is 0 Å². The Morgan fingerprint density at radius 2 is 2.00 bits per heavy atom. The van der Waals surface area contributed by atoms with Crippen molar-refractivity contribution in [2.24, 2.45) is 0 Å². The summed E-state index contributed by atoms with van der Waals surface area (Å²) in [4.78, 5) is 10.8. The van der Waals surface area contributed by atoms with Crippen LogP contribution in [-0.4, -0.2) is 10.1 Å². The molecule has 0 radical (unpaired) electrons. The minimum absolute atomic E-state index is 0.601. The van der Waals surface area contributed by atoms with E-state index in [1.165, 1.54) is 0 Å². The van der Waals surface area contributed by atoms with Crippen LogP contribution in [0.3, 0.4) is 0 Å². The number of ether oxygens (including phenoxy) is 1. The Bertz CT molecular complexity index is 278. The predicted molar refractivity (Wildman–Crippen MR) is 56.8 cm³/mol. The topological polar surface area (TPSA) is 35.5 Å². The van der Waals surface area contributed by atoms with Gasteiger partial charge in [-0.15, -0.1) is 0 Å². The summed E-state index contributed by atoms with van der Waals surface area (Å²) in [6.07, 6.45) is 0. The molecule has 70 valence electrons. The molecule has 0 amide bonds. The molecular formula is C8H6ClIO3. The normalized spacial score (nSPS) is 11.8. The van der Waals surface area contributed by atoms with Gasteiger partial charge in [0.25, 0.3) is 0 Å². The standard InChI is InChI=1S/C8H6ClIO3/c9-13-8(11)7(10)12-6-4-2-1-3-5-6/h1-5,7H. The SMILES string of the molecule is O=C(OCl)C(I)Oc1ccccc1. The number of carbonyl (C=O) groups excluding carboxylic acids is 1. The maximum Gasteiger partial charge on any atom is 0.375 e. The molecule has 0 N–H and O–H groups in total. The van der Waals surface area contributed by atoms with Gasteiger partial charge >= 0.3 is 5.97 Å². The van der Waals surface area contributed by atoms with Crippen molar-refractivity contribution < 1.29 is 13.8 Å². The largest absolute Gasteiger partial charge is 0.468 e. The van der Waals surface area contributed by atoms with Gasteiger partial charge in [0.1, 0.15) is 17.6 Å². The summed E-state index contributed by atoms with van der Waals surface area (Å²) in [5.74, 6) is -0.0184. The van der Waals surface area contributed by atoms with Gasteiger partial charge in [-0.25, -0.2) is 4.79 Å². The molecular weight excluding hydrogens is 306 g/mol. The van der Waals surface area contributed by atoms with E-state index in [1.54, 1.807) is 34.7 Å². The number of halogens is 2. The fourth-order valence-electron chi connectivity index (χ4n) is 0.702. The van der Waals surface area contributed by atoms with Crippen molar-refractivity contribution in [3.63, 3.8) is 0 Å². The number of para-hydroxylation sites is 1. The Hall–Kier alpha value is -0.490. The predicted octanol–water partition coefficient (Wildman–Crippen LogP) is 2.52. The number of hydrogen-bond donors (Lipinski definition) is 0. The zero-order valence-electron chi connectivity index (χ0n) is 6.44. The van der Waals surface area contributed by atoms with Crippen molar-refractivity contribution in [1.29, 1.82) is 0 Å². The Morgan fingerprint density at radius 1 is 1.38 bits per heavy atom. The van der Waals surface area contributed by atoms with E-state index >= 15 is 0 Å². The van der Waals surface area contributed by atoms with Crippen LogP contribution in [0.5, 0.6) is 5.75 Å². The minimum atomic E-state index is -0.725. The van der Waals surface area contributed by atoms with E-state index in [9.17, 15) is 4.79 Å². The van der Waals surface area contributed by atoms with Gasteiger partial charge in [-0.2, -0.15) is 0 Å². The van der Waals surface area contributed by atoms with Crippen molar-refractivity contribution in [2.45, 2.75) is 4.11 Å². The molecule has 0 heterocycles. The van der Waals surface area contributed by atoms with Gasteiger partial charge in [0.15, 0.2) is 0 Å². The number of benzene rings is 1. The Labute approximate surface area is 94.3 Å². The first-order valence-electron chi connectivity index (χ1n) is 3.42. The molecule has 0 aliphatic heterocycles. The van der Waals surface area contributed by atoms with Gasteiger partial charge in [-0.3, -0.25) is 0 Å². The van der Waals surface area contributed by atoms with Crippen LogP contribution in [0.25, 0.3) is 0 Å². The van der Waals surface area contributed by atoms with E-state index in [0.29, 0.717) is 5.75 Å². The van der Waals surface area contributed by atoms with Crippen LogP contribution in [0.1, 0.15) is 0 Å². The van der Waals surface area contributed by atoms with Crippen LogP contribution in [0, 0.1) is 0 Å². The molecule has 0 aliphatic rings. The van der Waals surface area contributed by atoms with E-state index < -0.39 is 10.1 Å². The van der Waals surface area contributed by atoms with Crippen LogP contribution < -0.4 is 4.74 Å².